The lowest BCUT2D eigenvalue weighted by Crippen LogP contribution is -2.16. The lowest BCUT2D eigenvalue weighted by molar-refractivity contribution is -0.275. The summed E-state index contributed by atoms with van der Waals surface area (Å²) >= 11 is 0. The molecule has 0 aliphatic carbocycles. The number of aryl methyl sites for hydroxylation is 2. The van der Waals surface area contributed by atoms with Crippen LogP contribution in [-0.2, 0) is 35.5 Å². The average Bonchev–Trinajstić information content (AvgIpc) is 3.24. The Morgan fingerprint density at radius 1 is 0.470 bits per heavy atom. The molecule has 15 heteroatoms. The Kier molecular flexibility index (Phi) is 15.2. The number of pyridine rings is 2. The van der Waals surface area contributed by atoms with E-state index >= 15 is 0 Å². The van der Waals surface area contributed by atoms with Crippen LogP contribution >= 0.6 is 0 Å². The fourth-order valence-electron chi connectivity index (χ4n) is 7.36. The van der Waals surface area contributed by atoms with Crippen LogP contribution in [0.25, 0.3) is 0 Å². The minimum Gasteiger partial charge on any atom is -0.457 e. The molecule has 0 amide bonds. The summed E-state index contributed by atoms with van der Waals surface area (Å²) in [4.78, 5) is 23.3. The number of aromatic nitrogens is 2. The van der Waals surface area contributed by atoms with Gasteiger partial charge in [0, 0.05) is 22.8 Å². The minimum atomic E-state index is -4.79. The van der Waals surface area contributed by atoms with E-state index in [4.69, 9.17) is 28.9 Å². The van der Waals surface area contributed by atoms with Crippen LogP contribution in [0.2, 0.25) is 0 Å². The maximum atomic E-state index is 13.5. The Morgan fingerprint density at radius 3 is 1.05 bits per heavy atom. The number of nitrogens with zero attached hydrogens (tertiary/aromatic N) is 2. The highest BCUT2D eigenvalue weighted by molar-refractivity contribution is 5.61. The van der Waals surface area contributed by atoms with E-state index in [0.717, 1.165) is 67.3 Å². The van der Waals surface area contributed by atoms with E-state index in [1.54, 1.807) is 24.3 Å². The molecule has 2 heterocycles. The predicted molar refractivity (Wildman–Crippen MR) is 235 cm³/mol. The third kappa shape index (κ3) is 13.2. The van der Waals surface area contributed by atoms with Crippen LogP contribution in [-0.4, -0.2) is 28.8 Å². The van der Waals surface area contributed by atoms with Crippen molar-refractivity contribution in [1.29, 1.82) is 0 Å². The molecular weight excluding hydrogens is 867 g/mol. The first-order chi connectivity index (χ1) is 31.1. The maximum Gasteiger partial charge on any atom is 0.573 e. The molecule has 0 bridgehead atoms. The summed E-state index contributed by atoms with van der Waals surface area (Å²) in [7, 11) is 0. The number of halogens is 6. The Balaban J connectivity index is 1.14. The molecular formula is C51H50F6N2O7. The van der Waals surface area contributed by atoms with Crippen molar-refractivity contribution in [1.82, 2.24) is 9.97 Å². The van der Waals surface area contributed by atoms with Gasteiger partial charge < -0.3 is 28.4 Å². The Bertz CT molecular complexity index is 2430. The van der Waals surface area contributed by atoms with Crippen molar-refractivity contribution in [2.75, 3.05) is 0 Å². The van der Waals surface area contributed by atoms with Crippen molar-refractivity contribution in [3.05, 3.63) is 164 Å². The zero-order chi connectivity index (χ0) is 47.9. The van der Waals surface area contributed by atoms with Crippen LogP contribution in [0.5, 0.6) is 34.5 Å². The fraction of sp³-hybridized carbons (Fsp3) is 0.314. The summed E-state index contributed by atoms with van der Waals surface area (Å²) in [5.74, 6) is 1.04. The monoisotopic (exact) mass is 916 g/mol. The summed E-state index contributed by atoms with van der Waals surface area (Å²) in [5.41, 5.74) is 10.5. The molecule has 6 aromatic rings. The van der Waals surface area contributed by atoms with Gasteiger partial charge in [-0.1, -0.05) is 52.0 Å². The molecule has 2 aromatic heterocycles. The van der Waals surface area contributed by atoms with Crippen molar-refractivity contribution < 1.29 is 59.6 Å². The summed E-state index contributed by atoms with van der Waals surface area (Å²) in [5, 5.41) is 0. The third-order valence-electron chi connectivity index (χ3n) is 10.9. The van der Waals surface area contributed by atoms with Gasteiger partial charge in [-0.15, -0.1) is 26.3 Å². The molecule has 0 fully saturated rings. The molecule has 0 atom stereocenters. The van der Waals surface area contributed by atoms with Crippen LogP contribution < -0.4 is 18.9 Å². The lowest BCUT2D eigenvalue weighted by atomic mass is 9.90. The normalized spacial score (nSPS) is 11.8. The summed E-state index contributed by atoms with van der Waals surface area (Å²) in [6, 6.07) is 24.9. The van der Waals surface area contributed by atoms with Crippen LogP contribution in [0.15, 0.2) is 97.1 Å². The van der Waals surface area contributed by atoms with Gasteiger partial charge in [-0.25, -0.2) is 4.79 Å². The molecule has 6 rings (SSSR count). The fourth-order valence-corrected chi connectivity index (χ4v) is 7.36. The summed E-state index contributed by atoms with van der Waals surface area (Å²) < 4.78 is 107. The molecule has 0 spiro atoms. The topological polar surface area (TPSA) is 98.2 Å². The molecule has 0 aliphatic rings. The van der Waals surface area contributed by atoms with Crippen LogP contribution in [0.3, 0.4) is 0 Å². The van der Waals surface area contributed by atoms with Gasteiger partial charge in [0.1, 0.15) is 47.7 Å². The zero-order valence-corrected chi connectivity index (χ0v) is 37.7. The van der Waals surface area contributed by atoms with Gasteiger partial charge in [-0.2, -0.15) is 0 Å². The van der Waals surface area contributed by atoms with Gasteiger partial charge in [-0.3, -0.25) is 9.97 Å². The second kappa shape index (κ2) is 20.6. The molecule has 9 nitrogen and oxygen atoms in total. The van der Waals surface area contributed by atoms with Crippen LogP contribution in [0.1, 0.15) is 107 Å². The largest absolute Gasteiger partial charge is 0.573 e. The van der Waals surface area contributed by atoms with Gasteiger partial charge in [0.2, 0.25) is 0 Å². The van der Waals surface area contributed by atoms with E-state index in [1.807, 2.05) is 52.0 Å². The molecule has 0 unspecified atom stereocenters. The highest BCUT2D eigenvalue weighted by Gasteiger charge is 2.32. The number of hydrogen-bond donors (Lipinski definition) is 0. The second-order valence-corrected chi connectivity index (χ2v) is 16.3. The first kappa shape index (κ1) is 48.7. The SMILES string of the molecule is Cc1nc(C(C)C)c(Cc2ccc(Oc3ccc(OC(F)(F)F)cc3)cc2)c(COC(=O)OCc2c(C)c(C)nc(C(C)C)c2Cc2ccc(Oc3ccc(OC(F)(F)F)cc3)cc2)c1C. The molecule has 0 radical (unpaired) electrons. The maximum absolute atomic E-state index is 13.5. The summed E-state index contributed by atoms with van der Waals surface area (Å²) in [6.07, 6.45) is -9.49. The van der Waals surface area contributed by atoms with Gasteiger partial charge in [0.15, 0.2) is 0 Å². The highest BCUT2D eigenvalue weighted by atomic mass is 19.4. The predicted octanol–water partition coefficient (Wildman–Crippen LogP) is 14.4. The van der Waals surface area contributed by atoms with E-state index < -0.39 is 18.9 Å². The highest BCUT2D eigenvalue weighted by Crippen LogP contribution is 2.34. The van der Waals surface area contributed by atoms with Crippen LogP contribution in [0.4, 0.5) is 31.1 Å². The standard InChI is InChI=1S/C51H50F6N2O7/c1-29(2)47-43(25-35-9-13-37(14-10-35)63-39-17-21-41(22-18-39)65-50(52,53)54)45(31(5)33(7)58-47)27-61-49(60)62-28-46-32(6)34(8)59-48(30(3)4)44(46)26-36-11-15-38(16-12-36)64-40-19-23-42(24-20-40)66-51(55,56)57/h9-24,29-30H,25-28H2,1-8H3. The molecule has 66 heavy (non-hydrogen) atoms. The minimum absolute atomic E-state index is 0.0506. The van der Waals surface area contributed by atoms with Crippen molar-refractivity contribution in [2.45, 2.75) is 106 Å². The number of carbonyl (C=O) groups excluding carboxylic acids is 1. The molecule has 0 saturated heterocycles. The number of alkyl halides is 6. The summed E-state index contributed by atoms with van der Waals surface area (Å²) in [6.45, 7) is 15.8. The second-order valence-electron chi connectivity index (χ2n) is 16.3. The van der Waals surface area contributed by atoms with E-state index in [1.165, 1.54) is 48.5 Å². The Morgan fingerprint density at radius 2 is 0.758 bits per heavy atom. The van der Waals surface area contributed by atoms with Gasteiger partial charge in [0.05, 0.1) is 0 Å². The van der Waals surface area contributed by atoms with Crippen molar-refractivity contribution in [3.8, 4) is 34.5 Å². The van der Waals surface area contributed by atoms with Crippen molar-refractivity contribution in [2.24, 2.45) is 0 Å². The van der Waals surface area contributed by atoms with Crippen molar-refractivity contribution in [3.63, 3.8) is 0 Å². The van der Waals surface area contributed by atoms with Crippen molar-refractivity contribution >= 4 is 6.16 Å². The third-order valence-corrected chi connectivity index (χ3v) is 10.9. The zero-order valence-electron chi connectivity index (χ0n) is 37.7. The number of benzene rings is 4. The van der Waals surface area contributed by atoms with Crippen LogP contribution in [0, 0.1) is 27.7 Å². The first-order valence-electron chi connectivity index (χ1n) is 21.1. The number of hydrogen-bond acceptors (Lipinski definition) is 9. The molecule has 0 saturated carbocycles. The van der Waals surface area contributed by atoms with Gasteiger partial charge >= 0.3 is 18.9 Å². The average molecular weight is 917 g/mol. The lowest BCUT2D eigenvalue weighted by Gasteiger charge is -2.22. The van der Waals surface area contributed by atoms with E-state index in [0.29, 0.717) is 35.8 Å². The first-order valence-corrected chi connectivity index (χ1v) is 21.1. The van der Waals surface area contributed by atoms with E-state index in [-0.39, 0.29) is 36.5 Å². The van der Waals surface area contributed by atoms with Gasteiger partial charge in [0.25, 0.3) is 0 Å². The molecule has 0 aliphatic heterocycles. The molecule has 348 valence electrons. The Hall–Kier alpha value is -6.77. The van der Waals surface area contributed by atoms with E-state index in [2.05, 4.69) is 37.2 Å². The number of ether oxygens (including phenoxy) is 6. The quantitative estimate of drug-likeness (QED) is 0.0694. The Labute approximate surface area is 379 Å². The molecule has 0 N–H and O–H groups in total. The smallest absolute Gasteiger partial charge is 0.457 e. The number of rotatable bonds is 16. The van der Waals surface area contributed by atoms with E-state index in [9.17, 15) is 31.1 Å². The molecule has 4 aromatic carbocycles. The van der Waals surface area contributed by atoms with Gasteiger partial charge in [-0.05, 0) is 170 Å². The number of carbonyl (C=O) groups is 1.